The number of anilines is 1. The summed E-state index contributed by atoms with van der Waals surface area (Å²) >= 11 is 0. The van der Waals surface area contributed by atoms with Gasteiger partial charge in [-0.1, -0.05) is 5.16 Å². The van der Waals surface area contributed by atoms with Crippen molar-refractivity contribution in [2.45, 2.75) is 25.1 Å². The molecule has 0 radical (unpaired) electrons. The fraction of sp³-hybridized carbons (Fsp3) is 0.444. The number of pyridine rings is 1. The molecule has 2 fully saturated rings. The molecule has 2 aliphatic rings. The van der Waals surface area contributed by atoms with Gasteiger partial charge in [-0.05, 0) is 25.5 Å². The summed E-state index contributed by atoms with van der Waals surface area (Å²) in [6.45, 7) is 3.49. The molecule has 4 heterocycles. The van der Waals surface area contributed by atoms with Crippen molar-refractivity contribution in [1.29, 1.82) is 0 Å². The average Bonchev–Trinajstić information content (AvgIpc) is 3.28. The van der Waals surface area contributed by atoms with Gasteiger partial charge >= 0.3 is 6.18 Å². The molecule has 5 nitrogen and oxygen atoms in total. The van der Waals surface area contributed by atoms with Gasteiger partial charge in [0, 0.05) is 37.1 Å². The van der Waals surface area contributed by atoms with E-state index in [9.17, 15) is 17.6 Å². The predicted octanol–water partition coefficient (Wildman–Crippen LogP) is 3.82. The third kappa shape index (κ3) is 2.63. The highest BCUT2D eigenvalue weighted by Crippen LogP contribution is 2.38. The highest BCUT2D eigenvalue weighted by Gasteiger charge is 2.36. The van der Waals surface area contributed by atoms with Gasteiger partial charge in [0.1, 0.15) is 12.1 Å². The smallest absolute Gasteiger partial charge is 0.363 e. The van der Waals surface area contributed by atoms with Crippen molar-refractivity contribution in [1.82, 2.24) is 15.0 Å². The van der Waals surface area contributed by atoms with E-state index in [-0.39, 0.29) is 10.9 Å². The van der Waals surface area contributed by atoms with Gasteiger partial charge in [0.15, 0.2) is 11.3 Å². The first-order valence-electron chi connectivity index (χ1n) is 8.85. The van der Waals surface area contributed by atoms with Crippen LogP contribution in [0, 0.1) is 5.82 Å². The van der Waals surface area contributed by atoms with Crippen molar-refractivity contribution in [2.75, 3.05) is 31.1 Å². The van der Waals surface area contributed by atoms with E-state index in [1.54, 1.807) is 0 Å². The molecule has 0 saturated carbocycles. The molecule has 2 saturated heterocycles. The lowest BCUT2D eigenvalue weighted by molar-refractivity contribution is -0.139. The van der Waals surface area contributed by atoms with Crippen LogP contribution in [0.4, 0.5) is 23.4 Å². The van der Waals surface area contributed by atoms with Crippen molar-refractivity contribution in [3.63, 3.8) is 0 Å². The molecule has 0 aliphatic carbocycles. The zero-order valence-electron chi connectivity index (χ0n) is 14.3. The van der Waals surface area contributed by atoms with Crippen molar-refractivity contribution in [3.05, 3.63) is 29.8 Å². The number of aromatic nitrogens is 2. The summed E-state index contributed by atoms with van der Waals surface area (Å²) in [6, 6.07) is 2.07. The zero-order chi connectivity index (χ0) is 18.8. The maximum atomic E-state index is 14.1. The van der Waals surface area contributed by atoms with Crippen LogP contribution in [-0.2, 0) is 6.18 Å². The van der Waals surface area contributed by atoms with E-state index in [1.807, 2.05) is 0 Å². The first kappa shape index (κ1) is 16.7. The minimum atomic E-state index is -4.78. The van der Waals surface area contributed by atoms with Crippen LogP contribution < -0.4 is 4.90 Å². The van der Waals surface area contributed by atoms with Crippen LogP contribution in [0.15, 0.2) is 22.9 Å². The molecule has 0 spiro atoms. The number of nitrogens with zero attached hydrogens (tertiary/aromatic N) is 4. The molecule has 3 aromatic rings. The van der Waals surface area contributed by atoms with Gasteiger partial charge in [0.05, 0.1) is 16.5 Å². The summed E-state index contributed by atoms with van der Waals surface area (Å²) in [5, 5.41) is 4.57. The Bertz CT molecular complexity index is 1030. The number of hydrogen-bond acceptors (Lipinski definition) is 5. The molecule has 9 heteroatoms. The number of fused-ring (bicyclic) bond motifs is 4. The summed E-state index contributed by atoms with van der Waals surface area (Å²) < 4.78 is 58.4. The standard InChI is InChI=1S/C18H16F4N4O/c19-14-7-15-11(6-13(14)18(20,21)22)12-9-27-24-16(12)17(23-15)26-5-4-25-3-1-2-10(25)8-26/h6-7,9-10H,1-5,8H2. The van der Waals surface area contributed by atoms with E-state index < -0.39 is 17.6 Å². The van der Waals surface area contributed by atoms with Gasteiger partial charge in [0.2, 0.25) is 0 Å². The molecule has 1 atom stereocenters. The number of rotatable bonds is 1. The topological polar surface area (TPSA) is 45.4 Å². The average molecular weight is 380 g/mol. The Labute approximate surface area is 151 Å². The maximum Gasteiger partial charge on any atom is 0.419 e. The third-order valence-corrected chi connectivity index (χ3v) is 5.58. The van der Waals surface area contributed by atoms with Crippen LogP contribution in [0.5, 0.6) is 0 Å². The Balaban J connectivity index is 1.66. The van der Waals surface area contributed by atoms with Gasteiger partial charge < -0.3 is 9.42 Å². The van der Waals surface area contributed by atoms with Crippen LogP contribution in [0.3, 0.4) is 0 Å². The highest BCUT2D eigenvalue weighted by atomic mass is 19.4. The minimum Gasteiger partial charge on any atom is -0.363 e. The Kier molecular flexibility index (Phi) is 3.59. The lowest BCUT2D eigenvalue weighted by Gasteiger charge is -2.38. The molecule has 2 aliphatic heterocycles. The quantitative estimate of drug-likeness (QED) is 0.601. The van der Waals surface area contributed by atoms with E-state index in [4.69, 9.17) is 4.52 Å². The van der Waals surface area contributed by atoms with Crippen molar-refractivity contribution in [3.8, 4) is 0 Å². The largest absolute Gasteiger partial charge is 0.419 e. The molecule has 2 aromatic heterocycles. The number of benzene rings is 1. The SMILES string of the molecule is Fc1cc2nc(N3CCN4CCCC4C3)c3nocc3c2cc1C(F)(F)F. The van der Waals surface area contributed by atoms with Gasteiger partial charge in [0.25, 0.3) is 0 Å². The number of piperazine rings is 1. The lowest BCUT2D eigenvalue weighted by atomic mass is 10.1. The van der Waals surface area contributed by atoms with E-state index in [0.717, 1.165) is 51.2 Å². The molecule has 0 bridgehead atoms. The summed E-state index contributed by atoms with van der Waals surface area (Å²) in [7, 11) is 0. The van der Waals surface area contributed by atoms with Crippen LogP contribution in [0.2, 0.25) is 0 Å². The first-order chi connectivity index (χ1) is 12.9. The van der Waals surface area contributed by atoms with Gasteiger partial charge in [-0.25, -0.2) is 9.37 Å². The number of hydrogen-bond donors (Lipinski definition) is 0. The fourth-order valence-electron chi connectivity index (χ4n) is 4.25. The maximum absolute atomic E-state index is 14.1. The third-order valence-electron chi connectivity index (χ3n) is 5.58. The van der Waals surface area contributed by atoms with Gasteiger partial charge in [-0.3, -0.25) is 4.90 Å². The molecular weight excluding hydrogens is 364 g/mol. The summed E-state index contributed by atoms with van der Waals surface area (Å²) in [6.07, 6.45) is -1.21. The monoisotopic (exact) mass is 380 g/mol. The predicted molar refractivity (Wildman–Crippen MR) is 91.1 cm³/mol. The van der Waals surface area contributed by atoms with Crippen molar-refractivity contribution < 1.29 is 22.1 Å². The summed E-state index contributed by atoms with van der Waals surface area (Å²) in [5.41, 5.74) is -0.736. The summed E-state index contributed by atoms with van der Waals surface area (Å²) in [5.74, 6) is -0.790. The molecule has 1 unspecified atom stereocenters. The van der Waals surface area contributed by atoms with Crippen LogP contribution in [-0.4, -0.2) is 47.3 Å². The Morgan fingerprint density at radius 2 is 1.96 bits per heavy atom. The van der Waals surface area contributed by atoms with Crippen LogP contribution >= 0.6 is 0 Å². The molecule has 142 valence electrons. The van der Waals surface area contributed by atoms with Gasteiger partial charge in [-0.15, -0.1) is 0 Å². The Morgan fingerprint density at radius 1 is 1.11 bits per heavy atom. The Morgan fingerprint density at radius 3 is 2.78 bits per heavy atom. The molecular formula is C18H16F4N4O. The van der Waals surface area contributed by atoms with E-state index in [2.05, 4.69) is 19.9 Å². The zero-order valence-corrected chi connectivity index (χ0v) is 14.3. The van der Waals surface area contributed by atoms with Gasteiger partial charge in [-0.2, -0.15) is 13.2 Å². The minimum absolute atomic E-state index is 0.167. The molecule has 0 N–H and O–H groups in total. The molecule has 1 aromatic carbocycles. The van der Waals surface area contributed by atoms with Crippen molar-refractivity contribution >= 4 is 27.6 Å². The normalized spacial score (nSPS) is 21.3. The highest BCUT2D eigenvalue weighted by molar-refractivity contribution is 6.08. The van der Waals surface area contributed by atoms with Crippen molar-refractivity contribution in [2.24, 2.45) is 0 Å². The second-order valence-electron chi connectivity index (χ2n) is 7.14. The number of alkyl halides is 3. The molecule has 5 rings (SSSR count). The van der Waals surface area contributed by atoms with Crippen LogP contribution in [0.1, 0.15) is 18.4 Å². The molecule has 0 amide bonds. The lowest BCUT2D eigenvalue weighted by Crippen LogP contribution is -2.50. The molecule has 27 heavy (non-hydrogen) atoms. The first-order valence-corrected chi connectivity index (χ1v) is 8.85. The van der Waals surface area contributed by atoms with Crippen LogP contribution in [0.25, 0.3) is 21.8 Å². The second kappa shape index (κ2) is 5.79. The van der Waals surface area contributed by atoms with E-state index >= 15 is 0 Å². The van der Waals surface area contributed by atoms with E-state index in [1.165, 1.54) is 6.26 Å². The van der Waals surface area contributed by atoms with E-state index in [0.29, 0.717) is 22.8 Å². The second-order valence-corrected chi connectivity index (χ2v) is 7.14. The number of halogens is 4. The summed E-state index contributed by atoms with van der Waals surface area (Å²) in [4.78, 5) is 8.99. The fourth-order valence-corrected chi connectivity index (χ4v) is 4.25. The Hall–Kier alpha value is -2.42.